The molecule has 0 radical (unpaired) electrons. The van der Waals surface area contributed by atoms with Crippen molar-refractivity contribution < 1.29 is 18.8 Å². The molecule has 8 heteroatoms. The molecule has 2 aromatic carbocycles. The summed E-state index contributed by atoms with van der Waals surface area (Å²) in [6.07, 6.45) is 0.964. The highest BCUT2D eigenvalue weighted by Gasteiger charge is 2.23. The van der Waals surface area contributed by atoms with Gasteiger partial charge in [-0.05, 0) is 38.1 Å². The summed E-state index contributed by atoms with van der Waals surface area (Å²) in [5.74, 6) is 1.91. The Balaban J connectivity index is 0.000000373. The van der Waals surface area contributed by atoms with Gasteiger partial charge in [-0.3, -0.25) is 0 Å². The predicted octanol–water partition coefficient (Wildman–Crippen LogP) is 4.00. The molecule has 0 aliphatic carbocycles. The van der Waals surface area contributed by atoms with E-state index in [-0.39, 0.29) is 5.92 Å². The Hall–Kier alpha value is -3.52. The number of carbonyl (C=O) groups is 2. The van der Waals surface area contributed by atoms with Gasteiger partial charge in [0.15, 0.2) is 5.82 Å². The van der Waals surface area contributed by atoms with E-state index in [9.17, 15) is 0 Å². The van der Waals surface area contributed by atoms with Crippen LogP contribution in [0.3, 0.4) is 0 Å². The van der Waals surface area contributed by atoms with Crippen LogP contribution in [-0.2, 0) is 9.59 Å². The molecule has 0 bridgehead atoms. The maximum Gasteiger partial charge on any atom is 0.324 e. The van der Waals surface area contributed by atoms with Crippen LogP contribution in [0.25, 0.3) is 0 Å². The van der Waals surface area contributed by atoms with Gasteiger partial charge in [-0.2, -0.15) is 4.98 Å². The van der Waals surface area contributed by atoms with Gasteiger partial charge < -0.3 is 28.6 Å². The Morgan fingerprint density at radius 1 is 0.971 bits per heavy atom. The number of ether oxygens (including phenoxy) is 1. The van der Waals surface area contributed by atoms with Gasteiger partial charge in [-0.1, -0.05) is 60.1 Å². The largest absolute Gasteiger partial charge is 0.497 e. The first kappa shape index (κ1) is 28.5. The minimum Gasteiger partial charge on any atom is -0.497 e. The monoisotopic (exact) mass is 468 g/mol. The van der Waals surface area contributed by atoms with E-state index in [0.29, 0.717) is 6.01 Å². The zero-order chi connectivity index (χ0) is 25.3. The smallest absolute Gasteiger partial charge is 0.324 e. The number of aryl methyl sites for hydroxylation is 1. The average molecular weight is 469 g/mol. The van der Waals surface area contributed by atoms with Gasteiger partial charge in [0.2, 0.25) is 0 Å². The van der Waals surface area contributed by atoms with Crippen LogP contribution < -0.4 is 9.64 Å². The summed E-state index contributed by atoms with van der Waals surface area (Å²) in [4.78, 5) is 25.1. The molecule has 0 saturated carbocycles. The molecule has 184 valence electrons. The zero-order valence-corrected chi connectivity index (χ0v) is 20.6. The van der Waals surface area contributed by atoms with Crippen LogP contribution in [-0.4, -0.2) is 69.0 Å². The molecule has 0 amide bonds. The van der Waals surface area contributed by atoms with Crippen molar-refractivity contribution in [2.45, 2.75) is 26.2 Å². The van der Waals surface area contributed by atoms with Crippen LogP contribution in [0.1, 0.15) is 36.2 Å². The van der Waals surface area contributed by atoms with Gasteiger partial charge in [0.05, 0.1) is 7.11 Å². The number of hydrogen-bond donors (Lipinski definition) is 0. The molecule has 1 aliphatic heterocycles. The van der Waals surface area contributed by atoms with E-state index in [0.717, 1.165) is 44.2 Å². The Kier molecular flexibility index (Phi) is 13.5. The highest BCUT2D eigenvalue weighted by molar-refractivity contribution is 5.30. The fraction of sp³-hybridized carbons (Fsp3) is 0.385. The van der Waals surface area contributed by atoms with Crippen molar-refractivity contribution in [1.82, 2.24) is 15.0 Å². The van der Waals surface area contributed by atoms with Gasteiger partial charge in [0, 0.05) is 32.1 Å². The van der Waals surface area contributed by atoms with Crippen LogP contribution >= 0.6 is 0 Å². The van der Waals surface area contributed by atoms with Gasteiger partial charge >= 0.3 is 6.01 Å². The van der Waals surface area contributed by atoms with Crippen molar-refractivity contribution in [3.05, 3.63) is 71.5 Å². The number of carbonyl (C=O) groups excluding carboxylic acids is 2. The van der Waals surface area contributed by atoms with E-state index in [2.05, 4.69) is 65.1 Å². The summed E-state index contributed by atoms with van der Waals surface area (Å²) < 4.78 is 10.5. The van der Waals surface area contributed by atoms with Gasteiger partial charge in [0.1, 0.15) is 19.3 Å². The predicted molar refractivity (Wildman–Crippen MR) is 135 cm³/mol. The maximum atomic E-state index is 8.00. The van der Waals surface area contributed by atoms with Crippen LogP contribution in [0.5, 0.6) is 5.75 Å². The molecule has 1 aromatic heterocycles. The Labute approximate surface area is 202 Å². The lowest BCUT2D eigenvalue weighted by molar-refractivity contribution is -0.0987. The SMILES string of the molecule is C=O.C=O.CC[C@H](c1ccccc1)c1noc(N2CCN(C)CC2)n1.COc1ccc(C)cc1. The number of methoxy groups -OCH3 is 1. The number of hydrogen-bond acceptors (Lipinski definition) is 8. The van der Waals surface area contributed by atoms with E-state index in [1.165, 1.54) is 11.1 Å². The summed E-state index contributed by atoms with van der Waals surface area (Å²) >= 11 is 0. The normalized spacial score (nSPS) is 13.7. The van der Waals surface area contributed by atoms with E-state index in [4.69, 9.17) is 18.8 Å². The quantitative estimate of drug-likeness (QED) is 0.555. The molecule has 1 saturated heterocycles. The molecule has 3 aromatic rings. The molecule has 4 rings (SSSR count). The fourth-order valence-corrected chi connectivity index (χ4v) is 3.42. The number of nitrogens with zero attached hydrogens (tertiary/aromatic N) is 4. The molecule has 0 spiro atoms. The second kappa shape index (κ2) is 16.1. The molecular weight excluding hydrogens is 432 g/mol. The van der Waals surface area contributed by atoms with E-state index >= 15 is 0 Å². The van der Waals surface area contributed by atoms with Gasteiger partial charge in [-0.15, -0.1) is 0 Å². The standard InChI is InChI=1S/C16H22N4O.C8H10O.2CH2O/c1-3-14(13-7-5-4-6-8-13)15-17-16(21-18-15)20-11-9-19(2)10-12-20;1-7-3-5-8(9-2)6-4-7;2*1-2/h4-8,14H,3,9-12H2,1-2H3;3-6H,1-2H3;2*1H2/t14-;;;/m1.../s1. The second-order valence-corrected chi connectivity index (χ2v) is 7.61. The van der Waals surface area contributed by atoms with Crippen LogP contribution in [0.2, 0.25) is 0 Å². The summed E-state index contributed by atoms with van der Waals surface area (Å²) in [6, 6.07) is 19.0. The first-order chi connectivity index (χ1) is 16.6. The van der Waals surface area contributed by atoms with E-state index in [1.807, 2.05) is 43.9 Å². The molecule has 1 aliphatic rings. The van der Waals surface area contributed by atoms with Crippen molar-refractivity contribution in [3.8, 4) is 5.75 Å². The fourth-order valence-electron chi connectivity index (χ4n) is 3.42. The first-order valence-corrected chi connectivity index (χ1v) is 11.1. The Bertz CT molecular complexity index is 908. The highest BCUT2D eigenvalue weighted by Crippen LogP contribution is 2.27. The van der Waals surface area contributed by atoms with Crippen molar-refractivity contribution in [1.29, 1.82) is 0 Å². The molecule has 1 atom stereocenters. The third-order valence-electron chi connectivity index (χ3n) is 5.38. The van der Waals surface area contributed by atoms with E-state index in [1.54, 1.807) is 7.11 Å². The number of aromatic nitrogens is 2. The summed E-state index contributed by atoms with van der Waals surface area (Å²) in [5.41, 5.74) is 2.50. The molecule has 2 heterocycles. The molecule has 0 unspecified atom stereocenters. The number of benzene rings is 2. The zero-order valence-electron chi connectivity index (χ0n) is 20.6. The lowest BCUT2D eigenvalue weighted by Gasteiger charge is -2.30. The van der Waals surface area contributed by atoms with Gasteiger partial charge in [0.25, 0.3) is 0 Å². The molecule has 0 N–H and O–H groups in total. The number of rotatable bonds is 5. The van der Waals surface area contributed by atoms with Crippen molar-refractivity contribution in [3.63, 3.8) is 0 Å². The average Bonchev–Trinajstić information content (AvgIpc) is 3.39. The summed E-state index contributed by atoms with van der Waals surface area (Å²) in [6.45, 7) is 12.2. The topological polar surface area (TPSA) is 88.8 Å². The number of anilines is 1. The minimum absolute atomic E-state index is 0.205. The van der Waals surface area contributed by atoms with Crippen molar-refractivity contribution in [2.75, 3.05) is 45.2 Å². The lowest BCUT2D eigenvalue weighted by atomic mass is 9.96. The molecule has 8 nitrogen and oxygen atoms in total. The Morgan fingerprint density at radius 3 is 2.09 bits per heavy atom. The third kappa shape index (κ3) is 8.78. The van der Waals surface area contributed by atoms with E-state index < -0.39 is 0 Å². The number of piperazine rings is 1. The molecular formula is C26H36N4O4. The maximum absolute atomic E-state index is 8.00. The molecule has 1 fully saturated rings. The van der Waals surface area contributed by atoms with Crippen LogP contribution in [0.15, 0.2) is 59.1 Å². The minimum atomic E-state index is 0.205. The van der Waals surface area contributed by atoms with Crippen molar-refractivity contribution >= 4 is 19.6 Å². The van der Waals surface area contributed by atoms with Gasteiger partial charge in [-0.25, -0.2) is 0 Å². The highest BCUT2D eigenvalue weighted by atomic mass is 16.5. The second-order valence-electron chi connectivity index (χ2n) is 7.61. The molecule has 34 heavy (non-hydrogen) atoms. The third-order valence-corrected chi connectivity index (χ3v) is 5.38. The first-order valence-electron chi connectivity index (χ1n) is 11.1. The van der Waals surface area contributed by atoms with Crippen molar-refractivity contribution in [2.24, 2.45) is 0 Å². The Morgan fingerprint density at radius 2 is 1.56 bits per heavy atom. The van der Waals surface area contributed by atoms with Crippen LogP contribution in [0.4, 0.5) is 6.01 Å². The summed E-state index contributed by atoms with van der Waals surface area (Å²) in [7, 11) is 3.81. The summed E-state index contributed by atoms with van der Waals surface area (Å²) in [5, 5.41) is 4.22. The van der Waals surface area contributed by atoms with Crippen LogP contribution in [0, 0.1) is 6.92 Å². The number of likely N-dealkylation sites (N-methyl/N-ethyl adjacent to an activating group) is 1. The lowest BCUT2D eigenvalue weighted by Crippen LogP contribution is -2.44.